The Labute approximate surface area is 279 Å². The number of hydrogen-bond acceptors (Lipinski definition) is 6. The molecule has 0 spiro atoms. The summed E-state index contributed by atoms with van der Waals surface area (Å²) in [4.78, 5) is 0. The Morgan fingerprint density at radius 1 is 0.440 bits per heavy atom. The first-order valence-electron chi connectivity index (χ1n) is 14.2. The highest BCUT2D eigenvalue weighted by molar-refractivity contribution is 6.39. The van der Waals surface area contributed by atoms with E-state index in [9.17, 15) is 57.9 Å². The third kappa shape index (κ3) is 4.85. The summed E-state index contributed by atoms with van der Waals surface area (Å²) in [6.07, 6.45) is -9.53. The van der Waals surface area contributed by atoms with Crippen molar-refractivity contribution >= 4 is 22.3 Å². The molecule has 0 radical (unpaired) electrons. The number of nitrogens with zero attached hydrogens (tertiary/aromatic N) is 6. The zero-order valence-electron chi connectivity index (χ0n) is 24.9. The molecule has 50 heavy (non-hydrogen) atoms. The lowest BCUT2D eigenvalue weighted by molar-refractivity contribution is -0.138. The molecule has 0 fully saturated rings. The topological polar surface area (TPSA) is 143 Å². The number of fused-ring (bicyclic) bond motifs is 4. The number of rotatable bonds is 2. The second kappa shape index (κ2) is 11.7. The molecule has 6 nitrogen and oxygen atoms in total. The first-order valence-corrected chi connectivity index (χ1v) is 14.2. The number of alkyl halides is 6. The fourth-order valence-corrected chi connectivity index (χ4v) is 6.42. The van der Waals surface area contributed by atoms with Crippen LogP contribution in [0.4, 0.5) is 26.3 Å². The summed E-state index contributed by atoms with van der Waals surface area (Å²) in [6, 6.07) is 25.1. The van der Waals surface area contributed by atoms with Gasteiger partial charge in [-0.1, -0.05) is 48.5 Å². The second-order valence-electron chi connectivity index (χ2n) is 10.9. The van der Waals surface area contributed by atoms with E-state index in [2.05, 4.69) is 0 Å². The zero-order chi connectivity index (χ0) is 36.1. The third-order valence-corrected chi connectivity index (χ3v) is 8.38. The van der Waals surface area contributed by atoms with Gasteiger partial charge in [0.15, 0.2) is 0 Å². The first-order chi connectivity index (χ1) is 23.8. The van der Waals surface area contributed by atoms with Crippen LogP contribution in [-0.2, 0) is 12.4 Å². The molecule has 0 atom stereocenters. The Balaban J connectivity index is 1.80. The van der Waals surface area contributed by atoms with E-state index in [1.54, 1.807) is 12.1 Å². The standard InChI is InChI=1S/C38H12F6N6/c39-37(40,41)23-7-9-25(19(11-23)13-45)27-3-1-5-29-31(21(15-47)16-48)35-34-28(26-10-8-24(38(42,43)44)12-20(26)14-46)4-2-6-30(34)32(22(17-49)18-50)36(35)33(27)29/h1-12H. The van der Waals surface area contributed by atoms with Crippen molar-refractivity contribution in [3.05, 3.63) is 128 Å². The van der Waals surface area contributed by atoms with Crippen molar-refractivity contribution in [3.8, 4) is 58.7 Å². The normalized spacial score (nSPS) is 12.7. The molecule has 2 aliphatic carbocycles. The molecule has 0 N–H and O–H groups in total. The maximum absolute atomic E-state index is 13.6. The van der Waals surface area contributed by atoms with Crippen molar-refractivity contribution in [3.63, 3.8) is 0 Å². The highest BCUT2D eigenvalue weighted by Gasteiger charge is 2.43. The molecule has 236 valence electrons. The molecule has 4 aromatic rings. The molecule has 0 bridgehead atoms. The van der Waals surface area contributed by atoms with Crippen molar-refractivity contribution in [2.75, 3.05) is 0 Å². The molecule has 0 saturated carbocycles. The second-order valence-corrected chi connectivity index (χ2v) is 10.9. The fraction of sp³-hybridized carbons (Fsp3) is 0.0526. The van der Waals surface area contributed by atoms with Crippen LogP contribution in [0.25, 0.3) is 44.5 Å². The monoisotopic (exact) mass is 666 g/mol. The summed E-state index contributed by atoms with van der Waals surface area (Å²) < 4.78 is 81.6. The van der Waals surface area contributed by atoms with Gasteiger partial charge in [-0.15, -0.1) is 0 Å². The van der Waals surface area contributed by atoms with Gasteiger partial charge in [0.1, 0.15) is 35.4 Å². The lowest BCUT2D eigenvalue weighted by Crippen LogP contribution is -2.06. The number of benzene rings is 4. The van der Waals surface area contributed by atoms with Gasteiger partial charge in [0.05, 0.1) is 34.4 Å². The first kappa shape index (κ1) is 32.6. The summed E-state index contributed by atoms with van der Waals surface area (Å²) in [6.45, 7) is 0. The fourth-order valence-electron chi connectivity index (χ4n) is 6.42. The van der Waals surface area contributed by atoms with E-state index in [1.165, 1.54) is 36.4 Å². The van der Waals surface area contributed by atoms with E-state index >= 15 is 0 Å². The maximum atomic E-state index is 13.6. The van der Waals surface area contributed by atoms with Crippen molar-refractivity contribution in [2.24, 2.45) is 0 Å². The summed E-state index contributed by atoms with van der Waals surface area (Å²) in [7, 11) is 0. The Bertz CT molecular complexity index is 2370. The number of nitriles is 6. The summed E-state index contributed by atoms with van der Waals surface area (Å²) in [5.74, 6) is 0. The molecule has 12 heteroatoms. The van der Waals surface area contributed by atoms with Crippen molar-refractivity contribution < 1.29 is 26.3 Å². The lowest BCUT2D eigenvalue weighted by Gasteiger charge is -2.19. The van der Waals surface area contributed by atoms with Gasteiger partial charge in [-0.05, 0) is 57.6 Å². The van der Waals surface area contributed by atoms with E-state index in [1.807, 2.05) is 24.3 Å². The predicted octanol–water partition coefficient (Wildman–Crippen LogP) is 9.34. The summed E-state index contributed by atoms with van der Waals surface area (Å²) >= 11 is 0. The van der Waals surface area contributed by atoms with Crippen LogP contribution >= 0.6 is 0 Å². The van der Waals surface area contributed by atoms with Gasteiger partial charge in [0.25, 0.3) is 0 Å². The SMILES string of the molecule is N#CC(C#N)=C1C2=C(C(=C(C#N)C#N)c3cccc(-c4ccc(C(F)(F)F)cc4C#N)c32)c2c1cccc2-c1ccc(C(F)(F)F)cc1C#N. The summed E-state index contributed by atoms with van der Waals surface area (Å²) in [5.41, 5.74) is -2.12. The molecule has 0 aliphatic heterocycles. The Kier molecular flexibility index (Phi) is 7.62. The van der Waals surface area contributed by atoms with Gasteiger partial charge in [-0.25, -0.2) is 0 Å². The number of hydrogen-bond donors (Lipinski definition) is 0. The van der Waals surface area contributed by atoms with E-state index in [4.69, 9.17) is 0 Å². The van der Waals surface area contributed by atoms with Crippen LogP contribution in [0, 0.1) is 68.0 Å². The smallest absolute Gasteiger partial charge is 0.192 e. The minimum Gasteiger partial charge on any atom is -0.192 e. The summed E-state index contributed by atoms with van der Waals surface area (Å²) in [5, 5.41) is 60.4. The van der Waals surface area contributed by atoms with Crippen molar-refractivity contribution in [1.29, 1.82) is 31.6 Å². The largest absolute Gasteiger partial charge is 0.416 e. The lowest BCUT2D eigenvalue weighted by atomic mass is 9.83. The van der Waals surface area contributed by atoms with Crippen LogP contribution < -0.4 is 0 Å². The number of allylic oxidation sites excluding steroid dienone is 6. The Morgan fingerprint density at radius 2 is 0.780 bits per heavy atom. The van der Waals surface area contributed by atoms with Crippen LogP contribution in [0.15, 0.2) is 83.9 Å². The molecule has 0 saturated heterocycles. The van der Waals surface area contributed by atoms with E-state index in [0.29, 0.717) is 12.1 Å². The molecule has 4 aromatic carbocycles. The van der Waals surface area contributed by atoms with E-state index in [-0.39, 0.29) is 77.9 Å². The quantitative estimate of drug-likeness (QED) is 0.154. The third-order valence-electron chi connectivity index (χ3n) is 8.38. The highest BCUT2D eigenvalue weighted by atomic mass is 19.4. The van der Waals surface area contributed by atoms with Crippen LogP contribution in [0.2, 0.25) is 0 Å². The number of halogens is 6. The van der Waals surface area contributed by atoms with Crippen LogP contribution in [0.1, 0.15) is 44.5 Å². The molecule has 0 amide bonds. The van der Waals surface area contributed by atoms with Gasteiger partial charge in [-0.2, -0.15) is 57.9 Å². The van der Waals surface area contributed by atoms with Gasteiger partial charge in [0.2, 0.25) is 0 Å². The average molecular weight is 667 g/mol. The van der Waals surface area contributed by atoms with Gasteiger partial charge < -0.3 is 0 Å². The van der Waals surface area contributed by atoms with Crippen LogP contribution in [0.3, 0.4) is 0 Å². The molecular weight excluding hydrogens is 654 g/mol. The van der Waals surface area contributed by atoms with Crippen molar-refractivity contribution in [1.82, 2.24) is 0 Å². The van der Waals surface area contributed by atoms with Gasteiger partial charge in [-0.3, -0.25) is 0 Å². The van der Waals surface area contributed by atoms with Crippen LogP contribution in [0.5, 0.6) is 0 Å². The molecule has 0 unspecified atom stereocenters. The molecule has 0 aromatic heterocycles. The van der Waals surface area contributed by atoms with Gasteiger partial charge >= 0.3 is 12.4 Å². The maximum Gasteiger partial charge on any atom is 0.416 e. The van der Waals surface area contributed by atoms with Crippen molar-refractivity contribution in [2.45, 2.75) is 12.4 Å². The Hall–Kier alpha value is -7.38. The van der Waals surface area contributed by atoms with Crippen LogP contribution in [-0.4, -0.2) is 0 Å². The zero-order valence-corrected chi connectivity index (χ0v) is 24.9. The molecular formula is C38H12F6N6. The molecule has 0 heterocycles. The van der Waals surface area contributed by atoms with Gasteiger partial charge in [0, 0.05) is 33.4 Å². The average Bonchev–Trinajstić information content (AvgIpc) is 3.61. The predicted molar refractivity (Wildman–Crippen MR) is 166 cm³/mol. The Morgan fingerprint density at radius 3 is 1.08 bits per heavy atom. The minimum absolute atomic E-state index is 0.0246. The van der Waals surface area contributed by atoms with E-state index in [0.717, 1.165) is 24.3 Å². The van der Waals surface area contributed by atoms with E-state index < -0.39 is 34.6 Å². The molecule has 6 rings (SSSR count). The molecule has 2 aliphatic rings. The minimum atomic E-state index is -4.77. The highest BCUT2D eigenvalue weighted by Crippen LogP contribution is 2.62.